The molecule has 3 aromatic rings. The third kappa shape index (κ3) is 4.82. The number of hydrogen-bond donors (Lipinski definition) is 0. The Bertz CT molecular complexity index is 1150. The standard InChI is InChI=1S/C26H30FN5O2/c1-30-18-28-29-26(30)20-8-6-13-32(16-20)25(33)12-14-31-15-19-7-2-5-11-23(19)34-24(17-31)21-9-3-4-10-22(21)27/h2-5,7,9-11,18,20,24H,6,8,12-17H2,1H3. The van der Waals surface area contributed by atoms with Crippen LogP contribution in [0.5, 0.6) is 5.75 Å². The summed E-state index contributed by atoms with van der Waals surface area (Å²) in [5.41, 5.74) is 1.59. The van der Waals surface area contributed by atoms with E-state index in [-0.39, 0.29) is 17.6 Å². The number of carbonyl (C=O) groups excluding carboxylic acids is 1. The Balaban J connectivity index is 1.27. The first-order valence-electron chi connectivity index (χ1n) is 11.9. The number of rotatable bonds is 5. The zero-order valence-corrected chi connectivity index (χ0v) is 19.4. The van der Waals surface area contributed by atoms with Crippen molar-refractivity contribution in [1.29, 1.82) is 0 Å². The molecule has 2 atom stereocenters. The Labute approximate surface area is 199 Å². The van der Waals surface area contributed by atoms with E-state index in [1.165, 1.54) is 6.07 Å². The van der Waals surface area contributed by atoms with Crippen LogP contribution in [-0.4, -0.2) is 56.7 Å². The Morgan fingerprint density at radius 3 is 2.79 bits per heavy atom. The summed E-state index contributed by atoms with van der Waals surface area (Å²) < 4.78 is 22.8. The molecule has 2 aliphatic heterocycles. The predicted octanol–water partition coefficient (Wildman–Crippen LogP) is 3.69. The molecule has 2 aromatic carbocycles. The highest BCUT2D eigenvalue weighted by Crippen LogP contribution is 2.32. The van der Waals surface area contributed by atoms with Crippen molar-refractivity contribution in [1.82, 2.24) is 24.6 Å². The number of hydrogen-bond acceptors (Lipinski definition) is 5. The minimum Gasteiger partial charge on any atom is -0.484 e. The quantitative estimate of drug-likeness (QED) is 0.578. The van der Waals surface area contributed by atoms with Gasteiger partial charge in [0.15, 0.2) is 0 Å². The molecule has 3 heterocycles. The summed E-state index contributed by atoms with van der Waals surface area (Å²) >= 11 is 0. The summed E-state index contributed by atoms with van der Waals surface area (Å²) in [7, 11) is 1.95. The molecule has 178 valence electrons. The highest BCUT2D eigenvalue weighted by molar-refractivity contribution is 5.76. The van der Waals surface area contributed by atoms with Crippen LogP contribution in [0.2, 0.25) is 0 Å². The Morgan fingerprint density at radius 2 is 1.97 bits per heavy atom. The fourth-order valence-corrected chi connectivity index (χ4v) is 5.04. The van der Waals surface area contributed by atoms with Crippen LogP contribution in [0, 0.1) is 5.82 Å². The van der Waals surface area contributed by atoms with Crippen LogP contribution in [0.4, 0.5) is 4.39 Å². The molecule has 7 nitrogen and oxygen atoms in total. The van der Waals surface area contributed by atoms with Crippen molar-refractivity contribution in [3.05, 3.63) is 77.6 Å². The first kappa shape index (κ1) is 22.5. The molecule has 1 fully saturated rings. The van der Waals surface area contributed by atoms with E-state index in [0.29, 0.717) is 38.2 Å². The second kappa shape index (κ2) is 9.93. The molecule has 0 aliphatic carbocycles. The second-order valence-corrected chi connectivity index (χ2v) is 9.20. The number of fused-ring (bicyclic) bond motifs is 1. The minimum absolute atomic E-state index is 0.146. The third-order valence-electron chi connectivity index (χ3n) is 6.84. The van der Waals surface area contributed by atoms with Gasteiger partial charge in [-0.15, -0.1) is 10.2 Å². The van der Waals surface area contributed by atoms with Gasteiger partial charge in [0.05, 0.1) is 0 Å². The lowest BCUT2D eigenvalue weighted by Gasteiger charge is -2.33. The summed E-state index contributed by atoms with van der Waals surface area (Å²) in [5, 5.41) is 8.25. The van der Waals surface area contributed by atoms with Crippen LogP contribution in [0.1, 0.15) is 48.2 Å². The Hall–Kier alpha value is -3.26. The molecule has 0 radical (unpaired) electrons. The number of amides is 1. The lowest BCUT2D eigenvalue weighted by atomic mass is 9.97. The second-order valence-electron chi connectivity index (χ2n) is 9.20. The highest BCUT2D eigenvalue weighted by atomic mass is 19.1. The van der Waals surface area contributed by atoms with Crippen molar-refractivity contribution < 1.29 is 13.9 Å². The van der Waals surface area contributed by atoms with Crippen molar-refractivity contribution in [3.63, 3.8) is 0 Å². The summed E-state index contributed by atoms with van der Waals surface area (Å²) in [6, 6.07) is 14.6. The third-order valence-corrected chi connectivity index (χ3v) is 6.84. The molecule has 2 aliphatic rings. The molecule has 0 N–H and O–H groups in total. The predicted molar refractivity (Wildman–Crippen MR) is 126 cm³/mol. The Kier molecular flexibility index (Phi) is 6.58. The summed E-state index contributed by atoms with van der Waals surface area (Å²) in [6.45, 7) is 3.22. The maximum Gasteiger partial charge on any atom is 0.223 e. The van der Waals surface area contributed by atoms with E-state index >= 15 is 0 Å². The molecule has 0 spiro atoms. The number of nitrogens with zero attached hydrogens (tertiary/aromatic N) is 5. The van der Waals surface area contributed by atoms with E-state index in [0.717, 1.165) is 36.5 Å². The number of ether oxygens (including phenoxy) is 1. The molecule has 1 aromatic heterocycles. The first-order chi connectivity index (χ1) is 16.6. The van der Waals surface area contributed by atoms with E-state index in [4.69, 9.17) is 4.74 Å². The van der Waals surface area contributed by atoms with Gasteiger partial charge in [0.2, 0.25) is 5.91 Å². The molecule has 2 unspecified atom stereocenters. The SMILES string of the molecule is Cn1cnnc1C1CCCN(C(=O)CCN2Cc3ccccc3OC(c3ccccc3F)C2)C1. The zero-order valence-electron chi connectivity index (χ0n) is 19.4. The van der Waals surface area contributed by atoms with Crippen LogP contribution in [-0.2, 0) is 18.4 Å². The van der Waals surface area contributed by atoms with Gasteiger partial charge in [0.25, 0.3) is 0 Å². The summed E-state index contributed by atoms with van der Waals surface area (Å²) in [5.74, 6) is 1.80. The maximum absolute atomic E-state index is 14.6. The van der Waals surface area contributed by atoms with E-state index in [1.54, 1.807) is 18.5 Å². The minimum atomic E-state index is -0.435. The largest absolute Gasteiger partial charge is 0.484 e. The number of halogens is 1. The van der Waals surface area contributed by atoms with E-state index in [9.17, 15) is 9.18 Å². The number of benzene rings is 2. The molecule has 0 saturated carbocycles. The molecule has 1 amide bonds. The number of aryl methyl sites for hydroxylation is 1. The van der Waals surface area contributed by atoms with Gasteiger partial charge in [0, 0.05) is 63.2 Å². The van der Waals surface area contributed by atoms with Gasteiger partial charge in [-0.05, 0) is 25.0 Å². The molecular weight excluding hydrogens is 433 g/mol. The van der Waals surface area contributed by atoms with Crippen LogP contribution >= 0.6 is 0 Å². The van der Waals surface area contributed by atoms with Crippen molar-refractivity contribution in [2.24, 2.45) is 7.05 Å². The van der Waals surface area contributed by atoms with E-state index in [2.05, 4.69) is 15.1 Å². The summed E-state index contributed by atoms with van der Waals surface area (Å²) in [6.07, 6.45) is 3.67. The number of carbonyl (C=O) groups is 1. The number of para-hydroxylation sites is 1. The van der Waals surface area contributed by atoms with Crippen LogP contribution in [0.25, 0.3) is 0 Å². The normalized spacial score (nSPS) is 20.9. The van der Waals surface area contributed by atoms with Gasteiger partial charge >= 0.3 is 0 Å². The molecular formula is C26H30FN5O2. The van der Waals surface area contributed by atoms with Gasteiger partial charge in [-0.1, -0.05) is 36.4 Å². The van der Waals surface area contributed by atoms with Gasteiger partial charge in [0.1, 0.15) is 29.8 Å². The molecule has 5 rings (SSSR count). The number of likely N-dealkylation sites (tertiary alicyclic amines) is 1. The van der Waals surface area contributed by atoms with Crippen LogP contribution in [0.15, 0.2) is 54.9 Å². The highest BCUT2D eigenvalue weighted by Gasteiger charge is 2.29. The van der Waals surface area contributed by atoms with E-state index < -0.39 is 6.10 Å². The summed E-state index contributed by atoms with van der Waals surface area (Å²) in [4.78, 5) is 17.3. The maximum atomic E-state index is 14.6. The zero-order chi connectivity index (χ0) is 23.5. The van der Waals surface area contributed by atoms with Gasteiger partial charge in [-0.2, -0.15) is 0 Å². The Morgan fingerprint density at radius 1 is 1.15 bits per heavy atom. The van der Waals surface area contributed by atoms with Gasteiger partial charge in [-0.3, -0.25) is 9.69 Å². The fraction of sp³-hybridized carbons (Fsp3) is 0.423. The lowest BCUT2D eigenvalue weighted by molar-refractivity contribution is -0.132. The van der Waals surface area contributed by atoms with Crippen molar-refractivity contribution in [2.45, 2.75) is 37.8 Å². The van der Waals surface area contributed by atoms with Crippen molar-refractivity contribution >= 4 is 5.91 Å². The topological polar surface area (TPSA) is 63.5 Å². The first-order valence-corrected chi connectivity index (χ1v) is 11.9. The van der Waals surface area contributed by atoms with Crippen LogP contribution < -0.4 is 4.74 Å². The number of piperidine rings is 1. The molecule has 8 heteroatoms. The van der Waals surface area contributed by atoms with Crippen molar-refractivity contribution in [2.75, 3.05) is 26.2 Å². The molecule has 34 heavy (non-hydrogen) atoms. The smallest absolute Gasteiger partial charge is 0.223 e. The average Bonchev–Trinajstić information content (AvgIpc) is 3.19. The monoisotopic (exact) mass is 463 g/mol. The molecule has 0 bridgehead atoms. The van der Waals surface area contributed by atoms with Crippen LogP contribution in [0.3, 0.4) is 0 Å². The molecule has 1 saturated heterocycles. The average molecular weight is 464 g/mol. The van der Waals surface area contributed by atoms with Gasteiger partial charge in [-0.25, -0.2) is 4.39 Å². The van der Waals surface area contributed by atoms with E-state index in [1.807, 2.05) is 46.8 Å². The van der Waals surface area contributed by atoms with Gasteiger partial charge < -0.3 is 14.2 Å². The fourth-order valence-electron chi connectivity index (χ4n) is 5.04. The lowest BCUT2D eigenvalue weighted by Crippen LogP contribution is -2.41. The van der Waals surface area contributed by atoms with Crippen molar-refractivity contribution in [3.8, 4) is 5.75 Å². The number of aromatic nitrogens is 3.